The molecule has 4 heteroatoms. The summed E-state index contributed by atoms with van der Waals surface area (Å²) in [5, 5.41) is 17.9. The van der Waals surface area contributed by atoms with Crippen molar-refractivity contribution in [3.8, 4) is 17.2 Å². The van der Waals surface area contributed by atoms with Gasteiger partial charge in [-0.1, -0.05) is 42.5 Å². The van der Waals surface area contributed by atoms with Crippen LogP contribution in [0.15, 0.2) is 72.8 Å². The second-order valence-corrected chi connectivity index (χ2v) is 5.66. The molecule has 122 valence electrons. The zero-order valence-corrected chi connectivity index (χ0v) is 13.4. The number of rotatable bonds is 4. The first kappa shape index (κ1) is 15.0. The fourth-order valence-electron chi connectivity index (χ4n) is 2.63. The van der Waals surface area contributed by atoms with Gasteiger partial charge in [-0.05, 0) is 35.9 Å². The number of benzene rings is 3. The van der Waals surface area contributed by atoms with E-state index in [0.29, 0.717) is 11.5 Å². The van der Waals surface area contributed by atoms with Gasteiger partial charge in [0.25, 0.3) is 0 Å². The largest absolute Gasteiger partial charge is 0.508 e. The molecule has 1 heterocycles. The Labute approximate surface area is 145 Å². The number of nitrogens with zero attached hydrogens (tertiary/aromatic N) is 1. The number of aromatic hydroxyl groups is 1. The Morgan fingerprint density at radius 3 is 2.52 bits per heavy atom. The maximum Gasteiger partial charge on any atom is 0.131 e. The molecular weight excluding hydrogens is 312 g/mol. The molecule has 0 fully saturated rings. The Balaban J connectivity index is 1.59. The van der Waals surface area contributed by atoms with Gasteiger partial charge in [0.15, 0.2) is 0 Å². The molecule has 0 aliphatic heterocycles. The van der Waals surface area contributed by atoms with Gasteiger partial charge in [-0.25, -0.2) is 0 Å². The van der Waals surface area contributed by atoms with Gasteiger partial charge in [0.1, 0.15) is 17.2 Å². The van der Waals surface area contributed by atoms with E-state index in [1.165, 1.54) is 0 Å². The number of phenols is 1. The van der Waals surface area contributed by atoms with Gasteiger partial charge in [0.05, 0.1) is 11.2 Å². The highest BCUT2D eigenvalue weighted by molar-refractivity contribution is 5.90. The summed E-state index contributed by atoms with van der Waals surface area (Å²) in [6.07, 6.45) is 4.02. The minimum absolute atomic E-state index is 0.174. The van der Waals surface area contributed by atoms with Crippen LogP contribution in [-0.4, -0.2) is 15.3 Å². The van der Waals surface area contributed by atoms with E-state index >= 15 is 0 Å². The fraction of sp³-hybridized carbons (Fsp3) is 0. The van der Waals surface area contributed by atoms with E-state index in [1.807, 2.05) is 60.7 Å². The zero-order valence-electron chi connectivity index (χ0n) is 13.4. The summed E-state index contributed by atoms with van der Waals surface area (Å²) in [7, 11) is 0. The van der Waals surface area contributed by atoms with Crippen LogP contribution in [0.2, 0.25) is 0 Å². The van der Waals surface area contributed by atoms with Crippen LogP contribution in [0.3, 0.4) is 0 Å². The zero-order chi connectivity index (χ0) is 17.1. The summed E-state index contributed by atoms with van der Waals surface area (Å²) in [5.41, 5.74) is 2.90. The topological polar surface area (TPSA) is 58.1 Å². The number of hydrogen-bond acceptors (Lipinski definition) is 3. The Kier molecular flexibility index (Phi) is 3.92. The van der Waals surface area contributed by atoms with Gasteiger partial charge in [0.2, 0.25) is 0 Å². The van der Waals surface area contributed by atoms with Crippen LogP contribution in [-0.2, 0) is 0 Å². The van der Waals surface area contributed by atoms with E-state index in [0.717, 1.165) is 22.2 Å². The number of H-pyrrole nitrogens is 1. The van der Waals surface area contributed by atoms with Gasteiger partial charge >= 0.3 is 0 Å². The van der Waals surface area contributed by atoms with Gasteiger partial charge in [-0.15, -0.1) is 0 Å². The molecule has 0 aliphatic rings. The van der Waals surface area contributed by atoms with Gasteiger partial charge in [0, 0.05) is 17.5 Å². The molecule has 3 aromatic carbocycles. The maximum atomic E-state index is 9.52. The van der Waals surface area contributed by atoms with Crippen LogP contribution >= 0.6 is 0 Å². The first-order valence-corrected chi connectivity index (χ1v) is 7.96. The quantitative estimate of drug-likeness (QED) is 0.539. The molecule has 0 bridgehead atoms. The van der Waals surface area contributed by atoms with Crippen molar-refractivity contribution in [3.05, 3.63) is 84.1 Å². The molecule has 0 radical (unpaired) electrons. The van der Waals surface area contributed by atoms with E-state index in [-0.39, 0.29) is 5.75 Å². The second kappa shape index (κ2) is 6.53. The standard InChI is InChI=1S/C21H16N2O2/c24-16-7-4-8-17(13-16)25-18-10-11-19-20(22-23-21(19)14-18)12-9-15-5-2-1-3-6-15/h1-14,24H,(H,22,23)/b12-9+. The van der Waals surface area contributed by atoms with Crippen LogP contribution < -0.4 is 4.74 Å². The highest BCUT2D eigenvalue weighted by Crippen LogP contribution is 2.28. The lowest BCUT2D eigenvalue weighted by Crippen LogP contribution is -1.83. The predicted molar refractivity (Wildman–Crippen MR) is 99.6 cm³/mol. The smallest absolute Gasteiger partial charge is 0.131 e. The summed E-state index contributed by atoms with van der Waals surface area (Å²) in [6.45, 7) is 0. The Hall–Kier alpha value is -3.53. The molecule has 25 heavy (non-hydrogen) atoms. The summed E-state index contributed by atoms with van der Waals surface area (Å²) in [6, 6.07) is 22.6. The number of hydrogen-bond donors (Lipinski definition) is 2. The molecule has 0 atom stereocenters. The van der Waals surface area contributed by atoms with Crippen LogP contribution in [0.5, 0.6) is 17.2 Å². The Morgan fingerprint density at radius 1 is 0.840 bits per heavy atom. The van der Waals surface area contributed by atoms with Gasteiger partial charge in [-0.3, -0.25) is 5.10 Å². The SMILES string of the molecule is Oc1cccc(Oc2ccc3c(/C=C/c4ccccc4)n[nH]c3c2)c1. The van der Waals surface area contributed by atoms with Crippen molar-refractivity contribution in [2.24, 2.45) is 0 Å². The average Bonchev–Trinajstić information content (AvgIpc) is 3.03. The third kappa shape index (κ3) is 3.38. The van der Waals surface area contributed by atoms with Crippen molar-refractivity contribution < 1.29 is 9.84 Å². The predicted octanol–water partition coefficient (Wildman–Crippen LogP) is 5.23. The minimum atomic E-state index is 0.174. The third-order valence-corrected chi connectivity index (χ3v) is 3.85. The summed E-state index contributed by atoms with van der Waals surface area (Å²) < 4.78 is 5.78. The van der Waals surface area contributed by atoms with E-state index in [9.17, 15) is 5.11 Å². The molecule has 0 saturated heterocycles. The van der Waals surface area contributed by atoms with Crippen molar-refractivity contribution >= 4 is 23.1 Å². The van der Waals surface area contributed by atoms with Crippen molar-refractivity contribution in [2.45, 2.75) is 0 Å². The molecule has 0 spiro atoms. The Morgan fingerprint density at radius 2 is 1.68 bits per heavy atom. The van der Waals surface area contributed by atoms with Crippen molar-refractivity contribution in [2.75, 3.05) is 0 Å². The van der Waals surface area contributed by atoms with Crippen molar-refractivity contribution in [1.29, 1.82) is 0 Å². The first-order chi connectivity index (χ1) is 12.3. The molecule has 4 rings (SSSR count). The highest BCUT2D eigenvalue weighted by Gasteiger charge is 2.05. The van der Waals surface area contributed by atoms with E-state index < -0.39 is 0 Å². The summed E-state index contributed by atoms with van der Waals surface area (Å²) in [5.74, 6) is 1.44. The normalized spacial score (nSPS) is 11.2. The lowest BCUT2D eigenvalue weighted by molar-refractivity contribution is 0.455. The summed E-state index contributed by atoms with van der Waals surface area (Å²) >= 11 is 0. The first-order valence-electron chi connectivity index (χ1n) is 7.96. The Bertz CT molecular complexity index is 1040. The monoisotopic (exact) mass is 328 g/mol. The number of aromatic nitrogens is 2. The molecule has 4 aromatic rings. The minimum Gasteiger partial charge on any atom is -0.508 e. The lowest BCUT2D eigenvalue weighted by atomic mass is 10.1. The average molecular weight is 328 g/mol. The van der Waals surface area contributed by atoms with E-state index in [4.69, 9.17) is 4.74 Å². The number of aromatic amines is 1. The number of ether oxygens (including phenoxy) is 1. The van der Waals surface area contributed by atoms with E-state index in [2.05, 4.69) is 10.2 Å². The van der Waals surface area contributed by atoms with Crippen LogP contribution in [0, 0.1) is 0 Å². The molecule has 0 aliphatic carbocycles. The van der Waals surface area contributed by atoms with Crippen LogP contribution in [0.1, 0.15) is 11.3 Å². The van der Waals surface area contributed by atoms with E-state index in [1.54, 1.807) is 24.3 Å². The maximum absolute atomic E-state index is 9.52. The highest BCUT2D eigenvalue weighted by atomic mass is 16.5. The molecule has 0 amide bonds. The lowest BCUT2D eigenvalue weighted by Gasteiger charge is -2.05. The van der Waals surface area contributed by atoms with Crippen LogP contribution in [0.4, 0.5) is 0 Å². The number of fused-ring (bicyclic) bond motifs is 1. The molecule has 4 nitrogen and oxygen atoms in total. The number of phenolic OH excluding ortho intramolecular Hbond substituents is 1. The number of nitrogens with one attached hydrogen (secondary N) is 1. The van der Waals surface area contributed by atoms with Crippen molar-refractivity contribution in [3.63, 3.8) is 0 Å². The molecule has 1 aromatic heterocycles. The van der Waals surface area contributed by atoms with Crippen LogP contribution in [0.25, 0.3) is 23.1 Å². The van der Waals surface area contributed by atoms with Gasteiger partial charge in [-0.2, -0.15) is 5.10 Å². The third-order valence-electron chi connectivity index (χ3n) is 3.85. The van der Waals surface area contributed by atoms with Crippen molar-refractivity contribution in [1.82, 2.24) is 10.2 Å². The second-order valence-electron chi connectivity index (χ2n) is 5.66. The molecule has 0 unspecified atom stereocenters. The molecular formula is C21H16N2O2. The molecule has 0 saturated carbocycles. The molecule has 2 N–H and O–H groups in total. The van der Waals surface area contributed by atoms with Gasteiger partial charge < -0.3 is 9.84 Å². The summed E-state index contributed by atoms with van der Waals surface area (Å²) in [4.78, 5) is 0. The fourth-order valence-corrected chi connectivity index (χ4v) is 2.63.